The molecule has 0 atom stereocenters. The third kappa shape index (κ3) is 4.53. The lowest BCUT2D eigenvalue weighted by Crippen LogP contribution is -2.41. The molecule has 0 bridgehead atoms. The molecule has 2 aromatic rings. The van der Waals surface area contributed by atoms with Crippen LogP contribution >= 0.6 is 0 Å². The van der Waals surface area contributed by atoms with E-state index in [2.05, 4.69) is 5.32 Å². The van der Waals surface area contributed by atoms with E-state index in [-0.39, 0.29) is 30.5 Å². The fourth-order valence-electron chi connectivity index (χ4n) is 2.75. The van der Waals surface area contributed by atoms with E-state index >= 15 is 0 Å². The molecule has 0 radical (unpaired) electrons. The first-order chi connectivity index (χ1) is 12.3. The second-order valence-electron chi connectivity index (χ2n) is 6.30. The second-order valence-corrected chi connectivity index (χ2v) is 6.30. The number of nitrogens with zero attached hydrogens (tertiary/aromatic N) is 1. The predicted molar refractivity (Wildman–Crippen MR) is 88.6 cm³/mol. The minimum atomic E-state index is -4.46. The Morgan fingerprint density at radius 3 is 2.35 bits per heavy atom. The number of alkyl halides is 3. The number of amides is 2. The van der Waals surface area contributed by atoms with Gasteiger partial charge in [-0.2, -0.15) is 13.2 Å². The largest absolute Gasteiger partial charge is 0.416 e. The van der Waals surface area contributed by atoms with Crippen LogP contribution in [0.1, 0.15) is 29.5 Å². The highest BCUT2D eigenvalue weighted by atomic mass is 19.4. The van der Waals surface area contributed by atoms with E-state index in [1.807, 2.05) is 0 Å². The number of nitrogens with one attached hydrogen (secondary N) is 1. The molecule has 1 fully saturated rings. The Morgan fingerprint density at radius 1 is 1.08 bits per heavy atom. The van der Waals surface area contributed by atoms with Gasteiger partial charge >= 0.3 is 12.2 Å². The van der Waals surface area contributed by atoms with Gasteiger partial charge in [0, 0.05) is 19.1 Å². The molecule has 0 saturated heterocycles. The Bertz CT molecular complexity index is 770. The molecule has 3 nitrogen and oxygen atoms in total. The number of rotatable bonds is 5. The number of carbonyl (C=O) groups excluding carboxylic acids is 1. The molecule has 7 heteroatoms. The summed E-state index contributed by atoms with van der Waals surface area (Å²) in [7, 11) is 0. The van der Waals surface area contributed by atoms with Crippen molar-refractivity contribution in [3.8, 4) is 0 Å². The van der Waals surface area contributed by atoms with Crippen molar-refractivity contribution in [2.24, 2.45) is 0 Å². The van der Waals surface area contributed by atoms with E-state index < -0.39 is 17.8 Å². The fourth-order valence-corrected chi connectivity index (χ4v) is 2.75. The number of benzene rings is 2. The normalized spacial score (nSPS) is 14.2. The molecule has 2 aromatic carbocycles. The average molecular weight is 366 g/mol. The molecule has 1 N–H and O–H groups in total. The Kier molecular flexibility index (Phi) is 5.15. The van der Waals surface area contributed by atoms with E-state index in [9.17, 15) is 22.4 Å². The van der Waals surface area contributed by atoms with Crippen LogP contribution in [0.4, 0.5) is 22.4 Å². The number of hydrogen-bond acceptors (Lipinski definition) is 1. The van der Waals surface area contributed by atoms with E-state index in [0.29, 0.717) is 5.56 Å². The van der Waals surface area contributed by atoms with Crippen molar-refractivity contribution < 1.29 is 22.4 Å². The van der Waals surface area contributed by atoms with Crippen LogP contribution in [0.3, 0.4) is 0 Å². The summed E-state index contributed by atoms with van der Waals surface area (Å²) in [4.78, 5) is 13.9. The Morgan fingerprint density at radius 2 is 1.73 bits per heavy atom. The summed E-state index contributed by atoms with van der Waals surface area (Å²) < 4.78 is 52.4. The zero-order valence-electron chi connectivity index (χ0n) is 13.9. The van der Waals surface area contributed by atoms with E-state index in [4.69, 9.17) is 0 Å². The van der Waals surface area contributed by atoms with Crippen LogP contribution in [-0.4, -0.2) is 17.0 Å². The summed E-state index contributed by atoms with van der Waals surface area (Å²) in [6.07, 6.45) is -2.91. The number of hydrogen-bond donors (Lipinski definition) is 1. The molecule has 3 rings (SSSR count). The highest BCUT2D eigenvalue weighted by molar-refractivity contribution is 5.75. The van der Waals surface area contributed by atoms with Gasteiger partial charge < -0.3 is 10.2 Å². The lowest BCUT2D eigenvalue weighted by molar-refractivity contribution is -0.138. The van der Waals surface area contributed by atoms with Crippen LogP contribution in [0.15, 0.2) is 48.5 Å². The van der Waals surface area contributed by atoms with Gasteiger partial charge in [0.25, 0.3) is 0 Å². The highest BCUT2D eigenvalue weighted by Crippen LogP contribution is 2.34. The van der Waals surface area contributed by atoms with Crippen LogP contribution in [0, 0.1) is 5.82 Å². The zero-order chi connectivity index (χ0) is 18.7. The Balaban J connectivity index is 1.70. The van der Waals surface area contributed by atoms with Crippen molar-refractivity contribution in [1.29, 1.82) is 0 Å². The zero-order valence-corrected chi connectivity index (χ0v) is 13.9. The van der Waals surface area contributed by atoms with Crippen LogP contribution in [0.2, 0.25) is 0 Å². The minimum Gasteiger partial charge on any atom is -0.334 e. The van der Waals surface area contributed by atoms with E-state index in [1.54, 1.807) is 12.1 Å². The SMILES string of the molecule is O=C(NCc1ccc(F)cc1)N(Cc1ccccc1C(F)(F)F)C1CC1. The van der Waals surface area contributed by atoms with Gasteiger partial charge in [-0.05, 0) is 42.2 Å². The van der Waals surface area contributed by atoms with Crippen LogP contribution in [0.25, 0.3) is 0 Å². The molecule has 1 aliphatic carbocycles. The monoisotopic (exact) mass is 366 g/mol. The van der Waals surface area contributed by atoms with Crippen molar-refractivity contribution in [3.63, 3.8) is 0 Å². The van der Waals surface area contributed by atoms with Crippen LogP contribution in [-0.2, 0) is 19.3 Å². The first-order valence-corrected chi connectivity index (χ1v) is 8.28. The molecule has 0 aliphatic heterocycles. The molecule has 2 amide bonds. The molecular formula is C19H18F4N2O. The molecule has 1 aliphatic rings. The van der Waals surface area contributed by atoms with Gasteiger partial charge in [0.05, 0.1) is 5.56 Å². The summed E-state index contributed by atoms with van der Waals surface area (Å²) in [5, 5.41) is 2.70. The Labute approximate surface area is 148 Å². The van der Waals surface area contributed by atoms with Gasteiger partial charge in [-0.15, -0.1) is 0 Å². The molecule has 1 saturated carbocycles. The maximum Gasteiger partial charge on any atom is 0.416 e. The van der Waals surface area contributed by atoms with E-state index in [0.717, 1.165) is 18.9 Å². The summed E-state index contributed by atoms with van der Waals surface area (Å²) >= 11 is 0. The maximum absolute atomic E-state index is 13.2. The van der Waals surface area contributed by atoms with Crippen LogP contribution < -0.4 is 5.32 Å². The van der Waals surface area contributed by atoms with E-state index in [1.165, 1.54) is 35.2 Å². The van der Waals surface area contributed by atoms with Gasteiger partial charge in [-0.25, -0.2) is 9.18 Å². The number of carbonyl (C=O) groups is 1. The predicted octanol–water partition coefficient (Wildman–Crippen LogP) is 4.72. The molecule has 138 valence electrons. The van der Waals surface area contributed by atoms with Gasteiger partial charge in [0.2, 0.25) is 0 Å². The van der Waals surface area contributed by atoms with Crippen molar-refractivity contribution in [3.05, 3.63) is 71.0 Å². The molecule has 26 heavy (non-hydrogen) atoms. The Hall–Kier alpha value is -2.57. The topological polar surface area (TPSA) is 32.3 Å². The third-order valence-electron chi connectivity index (χ3n) is 4.27. The minimum absolute atomic E-state index is 0.0514. The smallest absolute Gasteiger partial charge is 0.334 e. The summed E-state index contributed by atoms with van der Waals surface area (Å²) in [6.45, 7) is 0.0822. The van der Waals surface area contributed by atoms with Crippen molar-refractivity contribution in [2.45, 2.75) is 38.1 Å². The van der Waals surface area contributed by atoms with Gasteiger partial charge in [0.1, 0.15) is 5.82 Å². The molecule has 0 heterocycles. The molecule has 0 spiro atoms. The lowest BCUT2D eigenvalue weighted by Gasteiger charge is -2.24. The number of urea groups is 1. The molecule has 0 aromatic heterocycles. The summed E-state index contributed by atoms with van der Waals surface area (Å²) in [5.74, 6) is -0.372. The second kappa shape index (κ2) is 7.35. The maximum atomic E-state index is 13.2. The molecule has 0 unspecified atom stereocenters. The summed E-state index contributed by atoms with van der Waals surface area (Å²) in [6, 6.07) is 10.5. The third-order valence-corrected chi connectivity index (χ3v) is 4.27. The van der Waals surface area contributed by atoms with Crippen molar-refractivity contribution in [2.75, 3.05) is 0 Å². The average Bonchev–Trinajstić information content (AvgIpc) is 3.43. The standard InChI is InChI=1S/C19H18F4N2O/c20-15-7-5-13(6-8-15)11-24-18(26)25(16-9-10-16)12-14-3-1-2-4-17(14)19(21,22)23/h1-8,16H,9-12H2,(H,24,26). The fraction of sp³-hybridized carbons (Fsp3) is 0.316. The molecular weight excluding hydrogens is 348 g/mol. The first-order valence-electron chi connectivity index (χ1n) is 8.28. The first kappa shape index (κ1) is 18.2. The van der Waals surface area contributed by atoms with Crippen molar-refractivity contribution in [1.82, 2.24) is 10.2 Å². The van der Waals surface area contributed by atoms with Gasteiger partial charge in [-0.3, -0.25) is 0 Å². The summed E-state index contributed by atoms with van der Waals surface area (Å²) in [5.41, 5.74) is 0.0620. The quantitative estimate of drug-likeness (QED) is 0.763. The van der Waals surface area contributed by atoms with Gasteiger partial charge in [0.15, 0.2) is 0 Å². The van der Waals surface area contributed by atoms with Gasteiger partial charge in [-0.1, -0.05) is 30.3 Å². The highest BCUT2D eigenvalue weighted by Gasteiger charge is 2.37. The lowest BCUT2D eigenvalue weighted by atomic mass is 10.1. The van der Waals surface area contributed by atoms with Crippen molar-refractivity contribution >= 4 is 6.03 Å². The number of halogens is 4. The van der Waals surface area contributed by atoms with Crippen LogP contribution in [0.5, 0.6) is 0 Å².